The summed E-state index contributed by atoms with van der Waals surface area (Å²) in [7, 11) is 0. The van der Waals surface area contributed by atoms with Crippen LogP contribution in [0.5, 0.6) is 0 Å². The molecule has 3 atom stereocenters. The minimum absolute atomic E-state index is 0.799. The van der Waals surface area contributed by atoms with E-state index in [-0.39, 0.29) is 0 Å². The number of hydrogen-bond donors (Lipinski definition) is 1. The standard InChI is InChI=1S/C13H27NS/c1-3-4-5-8-15-13-9-11(2)6-7-12(13)10-14/h11-13H,3-10,14H2,1-2H3. The Labute approximate surface area is 99.6 Å². The maximum absolute atomic E-state index is 5.86. The van der Waals surface area contributed by atoms with Gasteiger partial charge in [-0.1, -0.05) is 33.1 Å². The topological polar surface area (TPSA) is 26.0 Å². The zero-order valence-corrected chi connectivity index (χ0v) is 11.2. The Morgan fingerprint density at radius 1 is 1.27 bits per heavy atom. The fraction of sp³-hybridized carbons (Fsp3) is 1.00. The van der Waals surface area contributed by atoms with Gasteiger partial charge < -0.3 is 5.73 Å². The third-order valence-electron chi connectivity index (χ3n) is 3.57. The fourth-order valence-corrected chi connectivity index (χ4v) is 4.11. The van der Waals surface area contributed by atoms with Gasteiger partial charge >= 0.3 is 0 Å². The zero-order chi connectivity index (χ0) is 11.1. The van der Waals surface area contributed by atoms with E-state index in [0.717, 1.165) is 23.6 Å². The highest BCUT2D eigenvalue weighted by atomic mass is 32.2. The van der Waals surface area contributed by atoms with Gasteiger partial charge in [-0.3, -0.25) is 0 Å². The molecule has 15 heavy (non-hydrogen) atoms. The maximum atomic E-state index is 5.86. The highest BCUT2D eigenvalue weighted by Gasteiger charge is 2.27. The lowest BCUT2D eigenvalue weighted by Crippen LogP contribution is -2.31. The first-order valence-electron chi connectivity index (χ1n) is 6.59. The molecule has 3 unspecified atom stereocenters. The van der Waals surface area contributed by atoms with E-state index in [1.54, 1.807) is 0 Å². The van der Waals surface area contributed by atoms with E-state index in [1.807, 2.05) is 0 Å². The van der Waals surface area contributed by atoms with Gasteiger partial charge in [0.05, 0.1) is 0 Å². The largest absolute Gasteiger partial charge is 0.330 e. The summed E-state index contributed by atoms with van der Waals surface area (Å²) in [6.07, 6.45) is 8.28. The molecule has 0 aromatic heterocycles. The van der Waals surface area contributed by atoms with Crippen LogP contribution in [0.15, 0.2) is 0 Å². The molecule has 2 N–H and O–H groups in total. The summed E-state index contributed by atoms with van der Waals surface area (Å²) in [6.45, 7) is 5.57. The van der Waals surface area contributed by atoms with Crippen LogP contribution in [0.4, 0.5) is 0 Å². The predicted octanol–water partition coefficient (Wildman–Crippen LogP) is 3.67. The quantitative estimate of drug-likeness (QED) is 0.703. The molecular weight excluding hydrogens is 202 g/mol. The average molecular weight is 229 g/mol. The third kappa shape index (κ3) is 4.78. The van der Waals surface area contributed by atoms with Gasteiger partial charge in [0.2, 0.25) is 0 Å². The summed E-state index contributed by atoms with van der Waals surface area (Å²) in [5.74, 6) is 3.08. The van der Waals surface area contributed by atoms with Gasteiger partial charge in [0, 0.05) is 5.25 Å². The molecule has 0 aromatic carbocycles. The lowest BCUT2D eigenvalue weighted by atomic mass is 9.82. The van der Waals surface area contributed by atoms with Crippen molar-refractivity contribution < 1.29 is 0 Å². The van der Waals surface area contributed by atoms with Gasteiger partial charge in [0.25, 0.3) is 0 Å². The summed E-state index contributed by atoms with van der Waals surface area (Å²) in [5, 5.41) is 0.857. The van der Waals surface area contributed by atoms with Crippen LogP contribution in [-0.2, 0) is 0 Å². The zero-order valence-electron chi connectivity index (χ0n) is 10.4. The van der Waals surface area contributed by atoms with E-state index >= 15 is 0 Å². The smallest absolute Gasteiger partial charge is 0.00898 e. The van der Waals surface area contributed by atoms with Crippen molar-refractivity contribution in [2.75, 3.05) is 12.3 Å². The molecule has 0 radical (unpaired) electrons. The van der Waals surface area contributed by atoms with Crippen molar-refractivity contribution in [3.63, 3.8) is 0 Å². The minimum Gasteiger partial charge on any atom is -0.330 e. The van der Waals surface area contributed by atoms with Crippen molar-refractivity contribution in [3.8, 4) is 0 Å². The molecule has 0 aliphatic heterocycles. The molecule has 90 valence electrons. The Bertz CT molecular complexity index is 161. The number of unbranched alkanes of at least 4 members (excludes halogenated alkanes) is 2. The molecule has 0 saturated heterocycles. The molecule has 0 heterocycles. The summed E-state index contributed by atoms with van der Waals surface area (Å²) in [5.41, 5.74) is 5.86. The second-order valence-corrected chi connectivity index (χ2v) is 6.38. The molecule has 1 fully saturated rings. The van der Waals surface area contributed by atoms with Gasteiger partial charge in [-0.05, 0) is 43.4 Å². The summed E-state index contributed by atoms with van der Waals surface area (Å²) < 4.78 is 0. The van der Waals surface area contributed by atoms with Crippen LogP contribution in [-0.4, -0.2) is 17.5 Å². The van der Waals surface area contributed by atoms with Crippen molar-refractivity contribution in [1.29, 1.82) is 0 Å². The third-order valence-corrected chi connectivity index (χ3v) is 5.10. The number of hydrogen-bond acceptors (Lipinski definition) is 2. The van der Waals surface area contributed by atoms with Gasteiger partial charge in [0.1, 0.15) is 0 Å². The van der Waals surface area contributed by atoms with Crippen molar-refractivity contribution in [2.45, 2.75) is 57.6 Å². The number of nitrogens with two attached hydrogens (primary N) is 1. The number of rotatable bonds is 6. The predicted molar refractivity (Wildman–Crippen MR) is 71.3 cm³/mol. The normalized spacial score (nSPS) is 31.8. The molecule has 0 aromatic rings. The molecule has 0 amide bonds. The second kappa shape index (κ2) is 7.56. The first kappa shape index (κ1) is 13.4. The van der Waals surface area contributed by atoms with Crippen LogP contribution in [0.3, 0.4) is 0 Å². The summed E-state index contributed by atoms with van der Waals surface area (Å²) >= 11 is 2.19. The van der Waals surface area contributed by atoms with Crippen LogP contribution < -0.4 is 5.73 Å². The van der Waals surface area contributed by atoms with Gasteiger partial charge in [-0.2, -0.15) is 11.8 Å². The van der Waals surface area contributed by atoms with E-state index in [4.69, 9.17) is 5.73 Å². The van der Waals surface area contributed by atoms with Crippen molar-refractivity contribution in [2.24, 2.45) is 17.6 Å². The first-order valence-corrected chi connectivity index (χ1v) is 7.64. The molecule has 1 rings (SSSR count). The molecule has 1 nitrogen and oxygen atoms in total. The molecule has 0 spiro atoms. The van der Waals surface area contributed by atoms with Gasteiger partial charge in [-0.15, -0.1) is 0 Å². The van der Waals surface area contributed by atoms with Crippen molar-refractivity contribution >= 4 is 11.8 Å². The highest BCUT2D eigenvalue weighted by Crippen LogP contribution is 2.36. The van der Waals surface area contributed by atoms with Crippen LogP contribution in [0.2, 0.25) is 0 Å². The SMILES string of the molecule is CCCCCSC1CC(C)CCC1CN. The van der Waals surface area contributed by atoms with Gasteiger partial charge in [0.15, 0.2) is 0 Å². The van der Waals surface area contributed by atoms with E-state index in [0.29, 0.717) is 0 Å². The van der Waals surface area contributed by atoms with E-state index in [9.17, 15) is 0 Å². The van der Waals surface area contributed by atoms with E-state index in [1.165, 1.54) is 44.3 Å². The lowest BCUT2D eigenvalue weighted by molar-refractivity contribution is 0.306. The summed E-state index contributed by atoms with van der Waals surface area (Å²) in [6, 6.07) is 0. The Hall–Kier alpha value is 0.310. The van der Waals surface area contributed by atoms with Crippen molar-refractivity contribution in [3.05, 3.63) is 0 Å². The Morgan fingerprint density at radius 2 is 2.07 bits per heavy atom. The van der Waals surface area contributed by atoms with Crippen LogP contribution in [0.25, 0.3) is 0 Å². The Balaban J connectivity index is 2.22. The minimum atomic E-state index is 0.799. The molecule has 1 aliphatic rings. The summed E-state index contributed by atoms with van der Waals surface area (Å²) in [4.78, 5) is 0. The average Bonchev–Trinajstić information content (AvgIpc) is 2.25. The van der Waals surface area contributed by atoms with Crippen LogP contribution in [0.1, 0.15) is 52.4 Å². The molecule has 0 bridgehead atoms. The Kier molecular flexibility index (Phi) is 6.74. The van der Waals surface area contributed by atoms with Crippen molar-refractivity contribution in [1.82, 2.24) is 0 Å². The van der Waals surface area contributed by atoms with E-state index < -0.39 is 0 Å². The fourth-order valence-electron chi connectivity index (χ4n) is 2.45. The van der Waals surface area contributed by atoms with E-state index in [2.05, 4.69) is 25.6 Å². The molecule has 1 saturated carbocycles. The Morgan fingerprint density at radius 3 is 2.73 bits per heavy atom. The van der Waals surface area contributed by atoms with Gasteiger partial charge in [-0.25, -0.2) is 0 Å². The first-order chi connectivity index (χ1) is 7.27. The highest BCUT2D eigenvalue weighted by molar-refractivity contribution is 7.99. The maximum Gasteiger partial charge on any atom is 0.00898 e. The molecular formula is C13H27NS. The van der Waals surface area contributed by atoms with Crippen LogP contribution >= 0.6 is 11.8 Å². The lowest BCUT2D eigenvalue weighted by Gasteiger charge is -2.33. The second-order valence-electron chi connectivity index (χ2n) is 5.03. The molecule has 1 aliphatic carbocycles. The monoisotopic (exact) mass is 229 g/mol. The molecule has 2 heteroatoms. The number of thioether (sulfide) groups is 1. The van der Waals surface area contributed by atoms with Crippen LogP contribution in [0, 0.1) is 11.8 Å².